The molecule has 1 aromatic heterocycles. The SMILES string of the molecule is C[C@H]1SCCN(C(=O)NCc2cccnc2N(C)C)[C@H]1C. The van der Waals surface area contributed by atoms with Crippen LogP contribution in [-0.4, -0.2) is 53.6 Å². The number of rotatable bonds is 3. The molecule has 0 saturated carbocycles. The Bertz CT molecular complexity index is 494. The van der Waals surface area contributed by atoms with E-state index in [1.54, 1.807) is 6.20 Å². The molecule has 0 spiro atoms. The molecule has 0 aliphatic carbocycles. The smallest absolute Gasteiger partial charge is 0.317 e. The van der Waals surface area contributed by atoms with Crippen molar-refractivity contribution in [1.82, 2.24) is 15.2 Å². The molecule has 6 heteroatoms. The topological polar surface area (TPSA) is 48.5 Å². The number of urea groups is 1. The molecule has 5 nitrogen and oxygen atoms in total. The summed E-state index contributed by atoms with van der Waals surface area (Å²) < 4.78 is 0. The zero-order chi connectivity index (χ0) is 15.4. The second kappa shape index (κ2) is 7.02. The van der Waals surface area contributed by atoms with E-state index >= 15 is 0 Å². The van der Waals surface area contributed by atoms with Crippen LogP contribution in [0.2, 0.25) is 0 Å². The third kappa shape index (κ3) is 3.81. The Balaban J connectivity index is 1.98. The lowest BCUT2D eigenvalue weighted by Crippen LogP contribution is -2.51. The van der Waals surface area contributed by atoms with E-state index in [1.807, 2.05) is 47.8 Å². The van der Waals surface area contributed by atoms with Crippen LogP contribution in [0.15, 0.2) is 18.3 Å². The van der Waals surface area contributed by atoms with Crippen LogP contribution < -0.4 is 10.2 Å². The summed E-state index contributed by atoms with van der Waals surface area (Å²) in [5.74, 6) is 1.91. The molecular weight excluding hydrogens is 284 g/mol. The summed E-state index contributed by atoms with van der Waals surface area (Å²) in [6, 6.07) is 4.19. The number of anilines is 1. The molecule has 0 aromatic carbocycles. The number of nitrogens with zero attached hydrogens (tertiary/aromatic N) is 3. The molecule has 0 radical (unpaired) electrons. The summed E-state index contributed by atoms with van der Waals surface area (Å²) in [5, 5.41) is 3.51. The number of pyridine rings is 1. The van der Waals surface area contributed by atoms with Gasteiger partial charge < -0.3 is 15.1 Å². The minimum absolute atomic E-state index is 0.0169. The average molecular weight is 308 g/mol. The van der Waals surface area contributed by atoms with E-state index in [-0.39, 0.29) is 12.1 Å². The fraction of sp³-hybridized carbons (Fsp3) is 0.600. The van der Waals surface area contributed by atoms with Crippen LogP contribution in [0.4, 0.5) is 10.6 Å². The molecule has 2 rings (SSSR count). The maximum atomic E-state index is 12.4. The number of thioether (sulfide) groups is 1. The summed E-state index contributed by atoms with van der Waals surface area (Å²) in [6.45, 7) is 5.62. The Kier molecular flexibility index (Phi) is 5.33. The van der Waals surface area contributed by atoms with Gasteiger partial charge in [0.1, 0.15) is 5.82 Å². The second-order valence-corrected chi connectivity index (χ2v) is 7.03. The normalized spacial score (nSPS) is 22.0. The number of nitrogens with one attached hydrogen (secondary N) is 1. The van der Waals surface area contributed by atoms with Gasteiger partial charge in [-0.3, -0.25) is 0 Å². The maximum absolute atomic E-state index is 12.4. The first-order chi connectivity index (χ1) is 10.0. The maximum Gasteiger partial charge on any atom is 0.317 e. The molecule has 1 aliphatic heterocycles. The molecule has 1 N–H and O–H groups in total. The zero-order valence-electron chi connectivity index (χ0n) is 13.2. The van der Waals surface area contributed by atoms with E-state index in [4.69, 9.17) is 0 Å². The van der Waals surface area contributed by atoms with Gasteiger partial charge in [0.05, 0.1) is 0 Å². The number of amides is 2. The molecule has 116 valence electrons. The van der Waals surface area contributed by atoms with E-state index in [1.165, 1.54) is 0 Å². The fourth-order valence-corrected chi connectivity index (χ4v) is 3.56. The minimum atomic E-state index is 0.0169. The van der Waals surface area contributed by atoms with Crippen LogP contribution in [0.25, 0.3) is 0 Å². The first-order valence-corrected chi connectivity index (χ1v) is 8.33. The molecule has 1 saturated heterocycles. The van der Waals surface area contributed by atoms with Crippen LogP contribution in [-0.2, 0) is 6.54 Å². The highest BCUT2D eigenvalue weighted by atomic mass is 32.2. The lowest BCUT2D eigenvalue weighted by atomic mass is 10.2. The molecule has 0 unspecified atom stereocenters. The standard InChI is InChI=1S/C15H24N4OS/c1-11-12(2)21-9-8-19(11)15(20)17-10-13-6-5-7-16-14(13)18(3)4/h5-7,11-12H,8-10H2,1-4H3,(H,17,20)/t11-,12+/m0/s1. The van der Waals surface area contributed by atoms with Gasteiger partial charge in [-0.2, -0.15) is 11.8 Å². The van der Waals surface area contributed by atoms with E-state index < -0.39 is 0 Å². The molecule has 1 fully saturated rings. The average Bonchev–Trinajstić information content (AvgIpc) is 2.47. The molecule has 2 atom stereocenters. The zero-order valence-corrected chi connectivity index (χ0v) is 14.0. The molecule has 0 bridgehead atoms. The Hall–Kier alpha value is -1.43. The molecular formula is C15H24N4OS. The van der Waals surface area contributed by atoms with Crippen LogP contribution in [0, 0.1) is 0 Å². The molecule has 1 aliphatic rings. The van der Waals surface area contributed by atoms with Crippen LogP contribution >= 0.6 is 11.8 Å². The summed E-state index contributed by atoms with van der Waals surface area (Å²) in [4.78, 5) is 20.6. The predicted molar refractivity (Wildman–Crippen MR) is 88.9 cm³/mol. The number of aromatic nitrogens is 1. The third-order valence-corrected chi connectivity index (χ3v) is 5.20. The van der Waals surface area contributed by atoms with Crippen molar-refractivity contribution in [3.8, 4) is 0 Å². The Labute approximate surface area is 131 Å². The quantitative estimate of drug-likeness (QED) is 0.930. The van der Waals surface area contributed by atoms with Gasteiger partial charge in [0.25, 0.3) is 0 Å². The van der Waals surface area contributed by atoms with Crippen LogP contribution in [0.3, 0.4) is 0 Å². The lowest BCUT2D eigenvalue weighted by molar-refractivity contribution is 0.180. The lowest BCUT2D eigenvalue weighted by Gasteiger charge is -2.37. The summed E-state index contributed by atoms with van der Waals surface area (Å²) in [6.07, 6.45) is 1.77. The number of hydrogen-bond acceptors (Lipinski definition) is 4. The Morgan fingerprint density at radius 2 is 2.29 bits per heavy atom. The van der Waals surface area contributed by atoms with Gasteiger partial charge in [0, 0.05) is 56.0 Å². The van der Waals surface area contributed by atoms with Gasteiger partial charge >= 0.3 is 6.03 Å². The molecule has 21 heavy (non-hydrogen) atoms. The predicted octanol–water partition coefficient (Wildman–Crippen LogP) is 2.18. The summed E-state index contributed by atoms with van der Waals surface area (Å²) >= 11 is 1.93. The van der Waals surface area contributed by atoms with Gasteiger partial charge in [-0.1, -0.05) is 13.0 Å². The second-order valence-electron chi connectivity index (χ2n) is 5.55. The first-order valence-electron chi connectivity index (χ1n) is 7.28. The van der Waals surface area contributed by atoms with Gasteiger partial charge in [-0.25, -0.2) is 9.78 Å². The highest BCUT2D eigenvalue weighted by molar-refractivity contribution is 8.00. The monoisotopic (exact) mass is 308 g/mol. The highest BCUT2D eigenvalue weighted by Crippen LogP contribution is 2.24. The first kappa shape index (κ1) is 15.9. The minimum Gasteiger partial charge on any atom is -0.362 e. The third-order valence-electron chi connectivity index (χ3n) is 3.87. The van der Waals surface area contributed by atoms with Gasteiger partial charge in [-0.15, -0.1) is 0 Å². The van der Waals surface area contributed by atoms with Gasteiger partial charge in [-0.05, 0) is 13.0 Å². The van der Waals surface area contributed by atoms with Crippen molar-refractivity contribution < 1.29 is 4.79 Å². The van der Waals surface area contributed by atoms with E-state index in [9.17, 15) is 4.79 Å². The van der Waals surface area contributed by atoms with E-state index in [2.05, 4.69) is 24.1 Å². The van der Waals surface area contributed by atoms with Crippen LogP contribution in [0.1, 0.15) is 19.4 Å². The van der Waals surface area contributed by atoms with Crippen molar-refractivity contribution in [3.05, 3.63) is 23.9 Å². The summed E-state index contributed by atoms with van der Waals surface area (Å²) in [7, 11) is 3.92. The van der Waals surface area contributed by atoms with E-state index in [0.29, 0.717) is 11.8 Å². The van der Waals surface area contributed by atoms with Crippen molar-refractivity contribution in [1.29, 1.82) is 0 Å². The Morgan fingerprint density at radius 3 is 3.00 bits per heavy atom. The van der Waals surface area contributed by atoms with E-state index in [0.717, 1.165) is 23.7 Å². The molecule has 2 heterocycles. The van der Waals surface area contributed by atoms with Crippen molar-refractivity contribution >= 4 is 23.6 Å². The molecule has 1 aromatic rings. The van der Waals surface area contributed by atoms with Crippen molar-refractivity contribution in [2.45, 2.75) is 31.7 Å². The molecule has 2 amide bonds. The number of carbonyl (C=O) groups excluding carboxylic acids is 1. The van der Waals surface area contributed by atoms with Gasteiger partial charge in [0.2, 0.25) is 0 Å². The fourth-order valence-electron chi connectivity index (χ4n) is 2.46. The number of hydrogen-bond donors (Lipinski definition) is 1. The largest absolute Gasteiger partial charge is 0.362 e. The number of carbonyl (C=O) groups is 1. The van der Waals surface area contributed by atoms with Crippen LogP contribution in [0.5, 0.6) is 0 Å². The van der Waals surface area contributed by atoms with Gasteiger partial charge in [0.15, 0.2) is 0 Å². The highest BCUT2D eigenvalue weighted by Gasteiger charge is 2.28. The van der Waals surface area contributed by atoms with Crippen molar-refractivity contribution in [2.75, 3.05) is 31.3 Å². The van der Waals surface area contributed by atoms with Crippen molar-refractivity contribution in [3.63, 3.8) is 0 Å². The Morgan fingerprint density at radius 1 is 1.52 bits per heavy atom. The van der Waals surface area contributed by atoms with Crippen molar-refractivity contribution in [2.24, 2.45) is 0 Å². The summed E-state index contributed by atoms with van der Waals surface area (Å²) in [5.41, 5.74) is 1.03.